The van der Waals surface area contributed by atoms with Crippen molar-refractivity contribution in [3.05, 3.63) is 95.1 Å². The van der Waals surface area contributed by atoms with Crippen LogP contribution in [0.2, 0.25) is 5.15 Å². The van der Waals surface area contributed by atoms with Gasteiger partial charge in [0.1, 0.15) is 5.69 Å². The molecule has 10 heteroatoms. The smallest absolute Gasteiger partial charge is 0.256 e. The largest absolute Gasteiger partial charge is 0.493 e. The number of halogens is 1. The molecule has 0 aliphatic rings. The molecule has 2 aromatic heterocycles. The summed E-state index contributed by atoms with van der Waals surface area (Å²) in [5, 5.41) is 0.928. The van der Waals surface area contributed by atoms with E-state index in [9.17, 15) is 8.42 Å². The first-order chi connectivity index (χ1) is 16.4. The Morgan fingerprint density at radius 1 is 0.912 bits per heavy atom. The van der Waals surface area contributed by atoms with E-state index in [2.05, 4.69) is 19.7 Å². The number of methoxy groups -OCH3 is 1. The number of nitrogens with zero attached hydrogens (tertiary/aromatic N) is 3. The van der Waals surface area contributed by atoms with Crippen molar-refractivity contribution in [2.45, 2.75) is 0 Å². The summed E-state index contributed by atoms with van der Waals surface area (Å²) < 4.78 is 39.4. The number of hydrogen-bond acceptors (Lipinski definition) is 7. The van der Waals surface area contributed by atoms with Crippen molar-refractivity contribution >= 4 is 33.5 Å². The molecule has 0 amide bonds. The molecule has 0 bridgehead atoms. The summed E-state index contributed by atoms with van der Waals surface area (Å²) in [5.74, 6) is 0.626. The van der Waals surface area contributed by atoms with Gasteiger partial charge in [0.05, 0.1) is 12.5 Å². The second-order valence-electron chi connectivity index (χ2n) is 6.84. The van der Waals surface area contributed by atoms with Gasteiger partial charge >= 0.3 is 0 Å². The predicted octanol–water partition coefficient (Wildman–Crippen LogP) is 5.41. The highest BCUT2D eigenvalue weighted by molar-refractivity contribution is 7.95. The van der Waals surface area contributed by atoms with Crippen LogP contribution in [0.1, 0.15) is 5.56 Å². The first kappa shape index (κ1) is 23.2. The van der Waals surface area contributed by atoms with Gasteiger partial charge in [-0.1, -0.05) is 60.1 Å². The summed E-state index contributed by atoms with van der Waals surface area (Å²) in [5.41, 5.74) is 1.13. The maximum atomic E-state index is 12.9. The number of para-hydroxylation sites is 2. The van der Waals surface area contributed by atoms with Crippen LogP contribution in [0.3, 0.4) is 0 Å². The molecule has 2 aromatic carbocycles. The van der Waals surface area contributed by atoms with Gasteiger partial charge in [-0.2, -0.15) is 0 Å². The molecule has 0 saturated carbocycles. The van der Waals surface area contributed by atoms with E-state index in [0.29, 0.717) is 22.8 Å². The minimum absolute atomic E-state index is 0.0810. The van der Waals surface area contributed by atoms with Crippen LogP contribution >= 0.6 is 11.6 Å². The summed E-state index contributed by atoms with van der Waals surface area (Å²) in [4.78, 5) is 12.8. The molecule has 34 heavy (non-hydrogen) atoms. The van der Waals surface area contributed by atoms with E-state index in [1.807, 2.05) is 18.2 Å². The van der Waals surface area contributed by atoms with Crippen molar-refractivity contribution in [1.29, 1.82) is 0 Å². The average Bonchev–Trinajstić information content (AvgIpc) is 2.86. The van der Waals surface area contributed by atoms with Crippen LogP contribution < -0.4 is 14.2 Å². The van der Waals surface area contributed by atoms with Crippen LogP contribution in [-0.4, -0.2) is 30.5 Å². The number of hydrogen-bond donors (Lipinski definition) is 1. The van der Waals surface area contributed by atoms with Gasteiger partial charge in [0, 0.05) is 6.20 Å². The van der Waals surface area contributed by atoms with E-state index in [0.717, 1.165) is 5.41 Å². The molecule has 0 atom stereocenters. The topological polar surface area (TPSA) is 103 Å². The molecule has 0 aliphatic carbocycles. The Labute approximate surface area is 202 Å². The second-order valence-corrected chi connectivity index (χ2v) is 8.77. The third-order valence-electron chi connectivity index (χ3n) is 4.48. The van der Waals surface area contributed by atoms with Gasteiger partial charge in [-0.25, -0.2) is 18.4 Å². The van der Waals surface area contributed by atoms with E-state index in [1.54, 1.807) is 60.8 Å². The Morgan fingerprint density at radius 2 is 1.62 bits per heavy atom. The summed E-state index contributed by atoms with van der Waals surface area (Å²) >= 11 is 6.43. The van der Waals surface area contributed by atoms with E-state index < -0.39 is 10.0 Å². The van der Waals surface area contributed by atoms with Gasteiger partial charge in [0.15, 0.2) is 28.3 Å². The predicted molar refractivity (Wildman–Crippen MR) is 131 cm³/mol. The average molecular weight is 495 g/mol. The number of aromatic nitrogens is 3. The summed E-state index contributed by atoms with van der Waals surface area (Å²) in [6.45, 7) is 0. The normalized spacial score (nSPS) is 11.4. The Hall–Kier alpha value is -3.95. The van der Waals surface area contributed by atoms with Gasteiger partial charge < -0.3 is 9.47 Å². The SMILES string of the molecule is COc1ccccc1Oc1c(Cl)nc(-c2ccccn2)nc1NS(=O)(=O)/C=C/c1ccccc1. The molecule has 4 aromatic rings. The molecule has 172 valence electrons. The van der Waals surface area contributed by atoms with Crippen molar-refractivity contribution in [2.75, 3.05) is 11.8 Å². The van der Waals surface area contributed by atoms with Crippen LogP contribution in [-0.2, 0) is 10.0 Å². The van der Waals surface area contributed by atoms with Crippen molar-refractivity contribution in [3.63, 3.8) is 0 Å². The van der Waals surface area contributed by atoms with Crippen LogP contribution in [0.25, 0.3) is 17.6 Å². The minimum Gasteiger partial charge on any atom is -0.493 e. The van der Waals surface area contributed by atoms with Crippen molar-refractivity contribution in [1.82, 2.24) is 15.0 Å². The lowest BCUT2D eigenvalue weighted by Crippen LogP contribution is -2.12. The lowest BCUT2D eigenvalue weighted by molar-refractivity contribution is 0.378. The number of rotatable bonds is 8. The van der Waals surface area contributed by atoms with E-state index >= 15 is 0 Å². The zero-order chi connectivity index (χ0) is 24.0. The lowest BCUT2D eigenvalue weighted by Gasteiger charge is -2.15. The maximum Gasteiger partial charge on any atom is 0.256 e. The van der Waals surface area contributed by atoms with Crippen molar-refractivity contribution in [3.8, 4) is 28.8 Å². The Bertz CT molecular complexity index is 1420. The fraction of sp³-hybridized carbons (Fsp3) is 0.0417. The number of nitrogens with one attached hydrogen (secondary N) is 1. The number of sulfonamides is 1. The van der Waals surface area contributed by atoms with Gasteiger partial charge in [-0.15, -0.1) is 0 Å². The number of anilines is 1. The molecule has 0 aliphatic heterocycles. The monoisotopic (exact) mass is 494 g/mol. The zero-order valence-corrected chi connectivity index (χ0v) is 19.5. The first-order valence-electron chi connectivity index (χ1n) is 10.0. The lowest BCUT2D eigenvalue weighted by atomic mass is 10.2. The quantitative estimate of drug-likeness (QED) is 0.327. The van der Waals surface area contributed by atoms with Gasteiger partial charge in [0.25, 0.3) is 10.0 Å². The molecule has 4 rings (SSSR count). The highest BCUT2D eigenvalue weighted by Crippen LogP contribution is 2.39. The standard InChI is InChI=1S/C24H19ClN4O4S/c1-32-19-12-5-6-13-20(19)33-21-22(25)27-23(18-11-7-8-15-26-18)28-24(21)29-34(30,31)16-14-17-9-3-2-4-10-17/h2-16H,1H3,(H,27,28,29)/b16-14+. The van der Waals surface area contributed by atoms with Crippen LogP contribution in [0.4, 0.5) is 5.82 Å². The van der Waals surface area contributed by atoms with Gasteiger partial charge in [-0.3, -0.25) is 9.71 Å². The molecule has 1 N–H and O–H groups in total. The summed E-state index contributed by atoms with van der Waals surface area (Å²) in [6.07, 6.45) is 3.03. The molecule has 0 fully saturated rings. The first-order valence-corrected chi connectivity index (χ1v) is 11.9. The second kappa shape index (κ2) is 10.3. The number of pyridine rings is 1. The van der Waals surface area contributed by atoms with Gasteiger partial charge in [-0.05, 0) is 35.9 Å². The molecule has 2 heterocycles. The maximum absolute atomic E-state index is 12.9. The fourth-order valence-corrected chi connectivity index (χ4v) is 3.93. The van der Waals surface area contributed by atoms with Gasteiger partial charge in [0.2, 0.25) is 5.75 Å². The number of ether oxygens (including phenoxy) is 2. The van der Waals surface area contributed by atoms with E-state index in [-0.39, 0.29) is 22.5 Å². The molecule has 0 spiro atoms. The number of benzene rings is 2. The molecule has 0 unspecified atom stereocenters. The highest BCUT2D eigenvalue weighted by atomic mass is 35.5. The molecule has 8 nitrogen and oxygen atoms in total. The fourth-order valence-electron chi connectivity index (χ4n) is 2.91. The zero-order valence-electron chi connectivity index (χ0n) is 17.9. The van der Waals surface area contributed by atoms with Crippen molar-refractivity contribution in [2.24, 2.45) is 0 Å². The van der Waals surface area contributed by atoms with E-state index in [1.165, 1.54) is 13.2 Å². The van der Waals surface area contributed by atoms with Crippen molar-refractivity contribution < 1.29 is 17.9 Å². The molecule has 0 radical (unpaired) electrons. The molecule has 0 saturated heterocycles. The summed E-state index contributed by atoms with van der Waals surface area (Å²) in [6, 6.07) is 21.0. The Balaban J connectivity index is 1.76. The Kier molecular flexibility index (Phi) is 7.05. The molecular formula is C24H19ClN4O4S. The summed E-state index contributed by atoms with van der Waals surface area (Å²) in [7, 11) is -2.50. The third-order valence-corrected chi connectivity index (χ3v) is 5.71. The van der Waals surface area contributed by atoms with Crippen LogP contribution in [0, 0.1) is 0 Å². The minimum atomic E-state index is -3.99. The molecular weight excluding hydrogens is 476 g/mol. The highest BCUT2D eigenvalue weighted by Gasteiger charge is 2.21. The Morgan fingerprint density at radius 3 is 2.32 bits per heavy atom. The van der Waals surface area contributed by atoms with Crippen LogP contribution in [0.15, 0.2) is 84.4 Å². The van der Waals surface area contributed by atoms with E-state index in [4.69, 9.17) is 21.1 Å². The van der Waals surface area contributed by atoms with Crippen LogP contribution in [0.5, 0.6) is 17.2 Å². The third kappa shape index (κ3) is 5.69.